The maximum Gasteiger partial charge on any atom is 0.248 e. The molecule has 3 aromatic rings. The number of ether oxygens (including phenoxy) is 2. The molecule has 0 spiro atoms. The predicted molar refractivity (Wildman–Crippen MR) is 119 cm³/mol. The van der Waals surface area contributed by atoms with E-state index in [2.05, 4.69) is 20.8 Å². The van der Waals surface area contributed by atoms with Crippen LogP contribution in [-0.4, -0.2) is 32.6 Å². The van der Waals surface area contributed by atoms with E-state index in [1.165, 1.54) is 0 Å². The van der Waals surface area contributed by atoms with E-state index >= 15 is 0 Å². The molecule has 2 heterocycles. The summed E-state index contributed by atoms with van der Waals surface area (Å²) in [5.41, 5.74) is 3.35. The van der Waals surface area contributed by atoms with Crippen LogP contribution in [0, 0.1) is 0 Å². The van der Waals surface area contributed by atoms with Gasteiger partial charge in [0, 0.05) is 28.3 Å². The number of carbonyl (C=O) groups excluding carboxylic acids is 1. The number of aromatic nitrogens is 4. The summed E-state index contributed by atoms with van der Waals surface area (Å²) < 4.78 is 13.6. The first-order valence-electron chi connectivity index (χ1n) is 10.6. The molecule has 9 heteroatoms. The van der Waals surface area contributed by atoms with Crippen molar-refractivity contribution in [3.8, 4) is 11.5 Å². The van der Waals surface area contributed by atoms with Gasteiger partial charge in [-0.1, -0.05) is 41.0 Å². The smallest absolute Gasteiger partial charge is 0.248 e. The van der Waals surface area contributed by atoms with E-state index in [4.69, 9.17) is 21.1 Å². The Balaban J connectivity index is 1.51. The quantitative estimate of drug-likeness (QED) is 0.596. The van der Waals surface area contributed by atoms with E-state index in [9.17, 15) is 4.79 Å². The number of hydrogen-bond donors (Lipinski definition) is 1. The summed E-state index contributed by atoms with van der Waals surface area (Å²) in [6.45, 7) is 2.71. The molecule has 32 heavy (non-hydrogen) atoms. The van der Waals surface area contributed by atoms with E-state index in [1.807, 2.05) is 49.4 Å². The molecule has 0 amide bonds. The minimum atomic E-state index is -0.416. The Morgan fingerprint density at radius 2 is 2.03 bits per heavy atom. The van der Waals surface area contributed by atoms with Gasteiger partial charge in [0.1, 0.15) is 12.6 Å². The molecule has 0 fully saturated rings. The summed E-state index contributed by atoms with van der Waals surface area (Å²) in [5.74, 6) is 1.84. The number of Topliss-reactive ketones (excluding diaryl/α,β-unsaturated/α-hetero) is 1. The normalized spacial score (nSPS) is 17.4. The first-order chi connectivity index (χ1) is 15.7. The van der Waals surface area contributed by atoms with Gasteiger partial charge in [-0.25, -0.2) is 0 Å². The molecular formula is C23H22ClN5O3. The summed E-state index contributed by atoms with van der Waals surface area (Å²) >= 11 is 6.26. The van der Waals surface area contributed by atoms with Crippen LogP contribution in [0.3, 0.4) is 0 Å². The molecule has 8 nitrogen and oxygen atoms in total. The number of allylic oxidation sites excluding steroid dienone is 2. The van der Waals surface area contributed by atoms with E-state index < -0.39 is 6.04 Å². The van der Waals surface area contributed by atoms with Crippen molar-refractivity contribution in [3.63, 3.8) is 0 Å². The number of rotatable bonds is 6. The van der Waals surface area contributed by atoms with Gasteiger partial charge in [0.2, 0.25) is 5.95 Å². The molecule has 1 N–H and O–H groups in total. The molecule has 1 aliphatic heterocycles. The van der Waals surface area contributed by atoms with Gasteiger partial charge in [0.05, 0.1) is 6.61 Å². The lowest BCUT2D eigenvalue weighted by atomic mass is 9.85. The monoisotopic (exact) mass is 451 g/mol. The van der Waals surface area contributed by atoms with Crippen LogP contribution in [0.4, 0.5) is 5.95 Å². The molecule has 5 rings (SSSR count). The first-order valence-corrected chi connectivity index (χ1v) is 11.0. The van der Waals surface area contributed by atoms with Crippen LogP contribution in [0.5, 0.6) is 11.5 Å². The number of fused-ring (bicyclic) bond motifs is 1. The fraction of sp³-hybridized carbons (Fsp3) is 0.304. The average molecular weight is 452 g/mol. The molecule has 0 saturated carbocycles. The number of hydrogen-bond acceptors (Lipinski definition) is 7. The highest BCUT2D eigenvalue weighted by atomic mass is 35.5. The van der Waals surface area contributed by atoms with Gasteiger partial charge in [-0.2, -0.15) is 4.68 Å². The number of nitrogens with one attached hydrogen (secondary N) is 1. The van der Waals surface area contributed by atoms with Gasteiger partial charge in [0.15, 0.2) is 17.3 Å². The molecule has 0 saturated heterocycles. The van der Waals surface area contributed by atoms with Crippen LogP contribution < -0.4 is 14.8 Å². The highest BCUT2D eigenvalue weighted by Gasteiger charge is 2.37. The number of tetrazole rings is 1. The molecule has 1 aliphatic carbocycles. The molecule has 2 aliphatic rings. The van der Waals surface area contributed by atoms with Gasteiger partial charge in [-0.3, -0.25) is 4.79 Å². The predicted octanol–water partition coefficient (Wildman–Crippen LogP) is 4.33. The highest BCUT2D eigenvalue weighted by Crippen LogP contribution is 2.41. The third-order valence-electron chi connectivity index (χ3n) is 5.65. The number of nitrogens with zero attached hydrogens (tertiary/aromatic N) is 4. The third kappa shape index (κ3) is 3.71. The van der Waals surface area contributed by atoms with Crippen LogP contribution in [0.15, 0.2) is 53.7 Å². The third-order valence-corrected chi connectivity index (χ3v) is 6.02. The lowest BCUT2D eigenvalue weighted by molar-refractivity contribution is -0.116. The molecule has 1 unspecified atom stereocenters. The lowest BCUT2D eigenvalue weighted by Crippen LogP contribution is -2.31. The largest absolute Gasteiger partial charge is 0.490 e. The van der Waals surface area contributed by atoms with Gasteiger partial charge in [-0.05, 0) is 54.0 Å². The molecule has 0 radical (unpaired) electrons. The molecule has 1 aromatic heterocycles. The van der Waals surface area contributed by atoms with E-state index in [0.29, 0.717) is 47.7 Å². The maximum atomic E-state index is 12.9. The Morgan fingerprint density at radius 1 is 1.16 bits per heavy atom. The summed E-state index contributed by atoms with van der Waals surface area (Å²) in [5, 5.41) is 15.9. The van der Waals surface area contributed by atoms with Gasteiger partial charge >= 0.3 is 0 Å². The Kier molecular flexibility index (Phi) is 5.53. The number of carbonyl (C=O) groups is 1. The zero-order valence-electron chi connectivity index (χ0n) is 17.5. The second kappa shape index (κ2) is 8.63. The fourth-order valence-electron chi connectivity index (χ4n) is 4.18. The number of anilines is 1. The first kappa shape index (κ1) is 20.5. The molecule has 2 aromatic carbocycles. The van der Waals surface area contributed by atoms with Gasteiger partial charge < -0.3 is 14.8 Å². The standard InChI is InChI=1S/C23H22ClN5O3/c1-2-31-20-12-14(10-11-19(20)32-13-15-6-3-4-7-16(15)24)22-21-17(8-5-9-18(21)30)25-23-26-27-28-29(22)23/h3-4,6-7,10-12,22H,2,5,8-9,13H2,1H3,(H,25,26,28). The maximum absolute atomic E-state index is 12.9. The Hall–Kier alpha value is -3.39. The zero-order chi connectivity index (χ0) is 22.1. The van der Waals surface area contributed by atoms with Crippen molar-refractivity contribution in [2.75, 3.05) is 11.9 Å². The fourth-order valence-corrected chi connectivity index (χ4v) is 4.37. The Labute approximate surface area is 190 Å². The highest BCUT2D eigenvalue weighted by molar-refractivity contribution is 6.31. The number of benzene rings is 2. The van der Waals surface area contributed by atoms with Crippen molar-refractivity contribution in [2.24, 2.45) is 0 Å². The van der Waals surface area contributed by atoms with Crippen LogP contribution in [0.2, 0.25) is 5.02 Å². The average Bonchev–Trinajstić information content (AvgIpc) is 3.26. The topological polar surface area (TPSA) is 91.2 Å². The van der Waals surface area contributed by atoms with Crippen molar-refractivity contribution in [3.05, 3.63) is 69.9 Å². The van der Waals surface area contributed by atoms with Crippen LogP contribution in [0.1, 0.15) is 43.4 Å². The lowest BCUT2D eigenvalue weighted by Gasteiger charge is -2.31. The number of halogens is 1. The van der Waals surface area contributed by atoms with Crippen LogP contribution >= 0.6 is 11.6 Å². The molecule has 1 atom stereocenters. The second-order valence-corrected chi connectivity index (χ2v) is 8.07. The van der Waals surface area contributed by atoms with E-state index in [-0.39, 0.29) is 5.78 Å². The van der Waals surface area contributed by atoms with Crippen LogP contribution in [-0.2, 0) is 11.4 Å². The summed E-state index contributed by atoms with van der Waals surface area (Å²) in [7, 11) is 0. The van der Waals surface area contributed by atoms with E-state index in [1.54, 1.807) is 4.68 Å². The molecular weight excluding hydrogens is 430 g/mol. The minimum absolute atomic E-state index is 0.113. The summed E-state index contributed by atoms with van der Waals surface area (Å²) in [4.78, 5) is 12.9. The van der Waals surface area contributed by atoms with Crippen molar-refractivity contribution >= 4 is 23.3 Å². The minimum Gasteiger partial charge on any atom is -0.490 e. The second-order valence-electron chi connectivity index (χ2n) is 7.66. The Bertz CT molecular complexity index is 1210. The van der Waals surface area contributed by atoms with Crippen molar-refractivity contribution in [2.45, 2.75) is 38.8 Å². The molecule has 0 bridgehead atoms. The van der Waals surface area contributed by atoms with Gasteiger partial charge in [-0.15, -0.1) is 0 Å². The van der Waals surface area contributed by atoms with Crippen molar-refractivity contribution < 1.29 is 14.3 Å². The molecule has 164 valence electrons. The SMILES string of the molecule is CCOc1cc(C2C3=C(CCCC3=O)Nc3nnnn32)ccc1OCc1ccccc1Cl. The summed E-state index contributed by atoms with van der Waals surface area (Å²) in [6, 6.07) is 12.8. The number of ketones is 1. The Morgan fingerprint density at radius 3 is 2.88 bits per heavy atom. The zero-order valence-corrected chi connectivity index (χ0v) is 18.3. The van der Waals surface area contributed by atoms with Crippen LogP contribution in [0.25, 0.3) is 0 Å². The van der Waals surface area contributed by atoms with Crippen molar-refractivity contribution in [1.29, 1.82) is 0 Å². The van der Waals surface area contributed by atoms with E-state index in [0.717, 1.165) is 29.7 Å². The van der Waals surface area contributed by atoms with Gasteiger partial charge in [0.25, 0.3) is 0 Å². The summed E-state index contributed by atoms with van der Waals surface area (Å²) in [6.07, 6.45) is 2.13. The van der Waals surface area contributed by atoms with Crippen molar-refractivity contribution in [1.82, 2.24) is 20.2 Å².